The molecule has 2 saturated heterocycles. The molecule has 0 aliphatic carbocycles. The smallest absolute Gasteiger partial charge is 0.0760 e. The molecule has 0 unspecified atom stereocenters. The maximum absolute atomic E-state index is 6.16. The highest BCUT2D eigenvalue weighted by Crippen LogP contribution is 2.36. The average molecular weight is 287 g/mol. The fourth-order valence-corrected chi connectivity index (χ4v) is 4.12. The molecule has 2 fully saturated rings. The molecular weight excluding hydrogens is 258 g/mol. The largest absolute Gasteiger partial charge is 0.381 e. The first-order chi connectivity index (χ1) is 8.76. The van der Waals surface area contributed by atoms with Crippen LogP contribution in [-0.2, 0) is 9.47 Å². The third kappa shape index (κ3) is 4.10. The van der Waals surface area contributed by atoms with Gasteiger partial charge < -0.3 is 9.47 Å². The fourth-order valence-electron chi connectivity index (χ4n) is 3.70. The Bertz CT molecular complexity index is 295. The van der Waals surface area contributed by atoms with Crippen LogP contribution < -0.4 is 0 Å². The summed E-state index contributed by atoms with van der Waals surface area (Å²) in [6, 6.07) is 0. The minimum Gasteiger partial charge on any atom is -0.381 e. The number of thiol groups is 1. The molecule has 19 heavy (non-hydrogen) atoms. The Morgan fingerprint density at radius 1 is 1.00 bits per heavy atom. The molecule has 0 amide bonds. The summed E-state index contributed by atoms with van der Waals surface area (Å²) in [4.78, 5) is 2.57. The third-order valence-electron chi connectivity index (χ3n) is 4.21. The summed E-state index contributed by atoms with van der Waals surface area (Å²) in [5.41, 5.74) is 0.195. The fraction of sp³-hybridized carbons (Fsp3) is 1.00. The van der Waals surface area contributed by atoms with Gasteiger partial charge in [-0.15, -0.1) is 0 Å². The van der Waals surface area contributed by atoms with Crippen molar-refractivity contribution < 1.29 is 9.47 Å². The second-order valence-corrected chi connectivity index (χ2v) is 7.85. The molecule has 2 heterocycles. The zero-order valence-corrected chi connectivity index (χ0v) is 13.8. The number of hydrogen-bond acceptors (Lipinski definition) is 4. The SMILES string of the molecule is CC1(C)CN(CC2(CS)CCOCC2)CC(C)(C)O1. The van der Waals surface area contributed by atoms with Crippen molar-refractivity contribution in [1.82, 2.24) is 4.90 Å². The summed E-state index contributed by atoms with van der Waals surface area (Å²) in [5, 5.41) is 0. The summed E-state index contributed by atoms with van der Waals surface area (Å²) in [7, 11) is 0. The molecule has 0 aromatic carbocycles. The van der Waals surface area contributed by atoms with Crippen molar-refractivity contribution in [1.29, 1.82) is 0 Å². The minimum atomic E-state index is -0.0648. The van der Waals surface area contributed by atoms with Crippen LogP contribution in [0.15, 0.2) is 0 Å². The Balaban J connectivity index is 2.04. The number of nitrogens with zero attached hydrogens (tertiary/aromatic N) is 1. The van der Waals surface area contributed by atoms with Crippen LogP contribution >= 0.6 is 12.6 Å². The van der Waals surface area contributed by atoms with Crippen molar-refractivity contribution in [2.75, 3.05) is 38.6 Å². The van der Waals surface area contributed by atoms with Crippen molar-refractivity contribution in [3.63, 3.8) is 0 Å². The standard InChI is InChI=1S/C15H29NO2S/c1-13(2)9-16(10-14(3,4)18-13)11-15(12-19)5-7-17-8-6-15/h19H,5-12H2,1-4H3. The van der Waals surface area contributed by atoms with Gasteiger partial charge in [0.15, 0.2) is 0 Å². The molecule has 112 valence electrons. The lowest BCUT2D eigenvalue weighted by Crippen LogP contribution is -2.59. The van der Waals surface area contributed by atoms with Crippen LogP contribution in [0.3, 0.4) is 0 Å². The summed E-state index contributed by atoms with van der Waals surface area (Å²) < 4.78 is 11.7. The zero-order valence-electron chi connectivity index (χ0n) is 12.9. The number of ether oxygens (including phenoxy) is 2. The molecule has 4 heteroatoms. The van der Waals surface area contributed by atoms with Crippen LogP contribution in [0.5, 0.6) is 0 Å². The molecule has 3 nitrogen and oxygen atoms in total. The zero-order chi connectivity index (χ0) is 14.1. The summed E-state index contributed by atoms with van der Waals surface area (Å²) >= 11 is 4.62. The van der Waals surface area contributed by atoms with Crippen molar-refractivity contribution in [2.24, 2.45) is 5.41 Å². The molecule has 0 spiro atoms. The highest BCUT2D eigenvalue weighted by atomic mass is 32.1. The predicted octanol–water partition coefficient (Wildman–Crippen LogP) is 2.60. The van der Waals surface area contributed by atoms with Gasteiger partial charge in [-0.3, -0.25) is 4.90 Å². The second kappa shape index (κ2) is 5.55. The van der Waals surface area contributed by atoms with Crippen LogP contribution in [0.4, 0.5) is 0 Å². The highest BCUT2D eigenvalue weighted by Gasteiger charge is 2.41. The summed E-state index contributed by atoms with van der Waals surface area (Å²) in [5.74, 6) is 0.953. The first-order valence-electron chi connectivity index (χ1n) is 7.37. The van der Waals surface area contributed by atoms with Crippen molar-refractivity contribution >= 4 is 12.6 Å². The van der Waals surface area contributed by atoms with Gasteiger partial charge >= 0.3 is 0 Å². The van der Waals surface area contributed by atoms with E-state index in [0.29, 0.717) is 5.41 Å². The lowest BCUT2D eigenvalue weighted by molar-refractivity contribution is -0.186. The van der Waals surface area contributed by atoms with Gasteiger partial charge in [0.2, 0.25) is 0 Å². The number of hydrogen-bond donors (Lipinski definition) is 1. The molecule has 0 N–H and O–H groups in total. The molecule has 0 saturated carbocycles. The van der Waals surface area contributed by atoms with Crippen molar-refractivity contribution in [3.8, 4) is 0 Å². The topological polar surface area (TPSA) is 21.7 Å². The van der Waals surface area contributed by atoms with Crippen molar-refractivity contribution in [3.05, 3.63) is 0 Å². The van der Waals surface area contributed by atoms with Crippen LogP contribution in [-0.4, -0.2) is 54.7 Å². The Morgan fingerprint density at radius 3 is 2.00 bits per heavy atom. The van der Waals surface area contributed by atoms with E-state index >= 15 is 0 Å². The van der Waals surface area contributed by atoms with E-state index in [1.807, 2.05) is 0 Å². The van der Waals surface area contributed by atoms with Crippen LogP contribution in [0.25, 0.3) is 0 Å². The van der Waals surface area contributed by atoms with E-state index < -0.39 is 0 Å². The first-order valence-corrected chi connectivity index (χ1v) is 8.00. The normalized spacial score (nSPS) is 30.2. The maximum atomic E-state index is 6.16. The third-order valence-corrected chi connectivity index (χ3v) is 4.88. The van der Waals surface area contributed by atoms with E-state index in [-0.39, 0.29) is 11.2 Å². The molecular formula is C15H29NO2S. The van der Waals surface area contributed by atoms with Crippen LogP contribution in [0.1, 0.15) is 40.5 Å². The van der Waals surface area contributed by atoms with Gasteiger partial charge in [-0.1, -0.05) is 0 Å². The van der Waals surface area contributed by atoms with E-state index in [9.17, 15) is 0 Å². The Labute approximate surface area is 123 Å². The van der Waals surface area contributed by atoms with E-state index in [1.54, 1.807) is 0 Å². The molecule has 2 aliphatic heterocycles. The van der Waals surface area contributed by atoms with Gasteiger partial charge in [0, 0.05) is 32.8 Å². The Hall–Kier alpha value is 0.230. The molecule has 0 bridgehead atoms. The number of morpholine rings is 1. The van der Waals surface area contributed by atoms with Gasteiger partial charge in [-0.05, 0) is 51.7 Å². The molecule has 0 radical (unpaired) electrons. The Morgan fingerprint density at radius 2 is 1.53 bits per heavy atom. The van der Waals surface area contributed by atoms with Gasteiger partial charge in [0.1, 0.15) is 0 Å². The molecule has 2 aliphatic rings. The minimum absolute atomic E-state index is 0.0648. The summed E-state index contributed by atoms with van der Waals surface area (Å²) in [6.45, 7) is 13.7. The quantitative estimate of drug-likeness (QED) is 0.807. The van der Waals surface area contributed by atoms with Gasteiger partial charge in [0.05, 0.1) is 11.2 Å². The van der Waals surface area contributed by atoms with Crippen molar-refractivity contribution in [2.45, 2.75) is 51.7 Å². The highest BCUT2D eigenvalue weighted by molar-refractivity contribution is 7.80. The van der Waals surface area contributed by atoms with E-state index in [1.165, 1.54) is 0 Å². The molecule has 0 atom stereocenters. The molecule has 0 aromatic heterocycles. The molecule has 0 aromatic rings. The van der Waals surface area contributed by atoms with Crippen LogP contribution in [0.2, 0.25) is 0 Å². The van der Waals surface area contributed by atoms with E-state index in [0.717, 1.165) is 51.4 Å². The summed E-state index contributed by atoms with van der Waals surface area (Å²) in [6.07, 6.45) is 2.27. The maximum Gasteiger partial charge on any atom is 0.0760 e. The average Bonchev–Trinajstić information content (AvgIpc) is 2.25. The first kappa shape index (κ1) is 15.6. The monoisotopic (exact) mass is 287 g/mol. The van der Waals surface area contributed by atoms with Gasteiger partial charge in [-0.2, -0.15) is 12.6 Å². The molecule has 2 rings (SSSR count). The van der Waals surface area contributed by atoms with Crippen LogP contribution in [0, 0.1) is 5.41 Å². The van der Waals surface area contributed by atoms with E-state index in [2.05, 4.69) is 45.2 Å². The lowest BCUT2D eigenvalue weighted by Gasteiger charge is -2.50. The van der Waals surface area contributed by atoms with E-state index in [4.69, 9.17) is 9.47 Å². The predicted molar refractivity (Wildman–Crippen MR) is 82.0 cm³/mol. The number of rotatable bonds is 3. The van der Waals surface area contributed by atoms with Gasteiger partial charge in [0.25, 0.3) is 0 Å². The lowest BCUT2D eigenvalue weighted by atomic mass is 9.81. The van der Waals surface area contributed by atoms with Gasteiger partial charge in [-0.25, -0.2) is 0 Å². The Kier molecular flexibility index (Phi) is 4.56. The second-order valence-electron chi connectivity index (χ2n) is 7.54.